The van der Waals surface area contributed by atoms with Crippen LogP contribution in [0.1, 0.15) is 33.6 Å². The minimum absolute atomic E-state index is 0.0304. The molecule has 0 spiro atoms. The van der Waals surface area contributed by atoms with E-state index in [0.717, 1.165) is 19.2 Å². The lowest BCUT2D eigenvalue weighted by Gasteiger charge is -2.16. The van der Waals surface area contributed by atoms with Crippen molar-refractivity contribution < 1.29 is 22.0 Å². The molecule has 0 bridgehead atoms. The molecule has 1 atom stereocenters. The van der Waals surface area contributed by atoms with Crippen LogP contribution in [0.15, 0.2) is 16.6 Å². The molecular formula is C13H21F5N2. The van der Waals surface area contributed by atoms with E-state index in [9.17, 15) is 22.0 Å². The Kier molecular flexibility index (Phi) is 7.93. The van der Waals surface area contributed by atoms with Crippen LogP contribution in [0, 0.1) is 5.92 Å². The van der Waals surface area contributed by atoms with Gasteiger partial charge in [-0.25, -0.2) is 8.78 Å². The number of nitrogens with one attached hydrogen (secondary N) is 1. The normalized spacial score (nSPS) is 15.9. The van der Waals surface area contributed by atoms with Crippen LogP contribution in [0.2, 0.25) is 0 Å². The standard InChI is InChI=1S/C13H21F5N2/c1-4-11(13(16,17)18)8-20-9-19-6-5-10(2)7-12(3,14)15/h4,8,10,19H,5-7,9H2,1-3H3/b11-4+,20-8?. The van der Waals surface area contributed by atoms with E-state index < -0.39 is 17.7 Å². The van der Waals surface area contributed by atoms with Crippen molar-refractivity contribution in [2.75, 3.05) is 13.2 Å². The summed E-state index contributed by atoms with van der Waals surface area (Å²) >= 11 is 0. The molecule has 0 radical (unpaired) electrons. The Labute approximate surface area is 116 Å². The van der Waals surface area contributed by atoms with E-state index in [4.69, 9.17) is 0 Å². The third-order valence-corrected chi connectivity index (χ3v) is 2.59. The van der Waals surface area contributed by atoms with Crippen molar-refractivity contribution in [3.8, 4) is 0 Å². The fourth-order valence-electron chi connectivity index (χ4n) is 1.66. The first-order chi connectivity index (χ1) is 9.06. The van der Waals surface area contributed by atoms with Gasteiger partial charge in [-0.2, -0.15) is 13.2 Å². The number of halogens is 5. The Balaban J connectivity index is 3.88. The highest BCUT2D eigenvalue weighted by atomic mass is 19.4. The summed E-state index contributed by atoms with van der Waals surface area (Å²) in [5.41, 5.74) is -0.807. The van der Waals surface area contributed by atoms with E-state index in [1.165, 1.54) is 6.92 Å². The largest absolute Gasteiger partial charge is 0.417 e. The Morgan fingerprint density at radius 1 is 1.25 bits per heavy atom. The first kappa shape index (κ1) is 19.0. The zero-order valence-electron chi connectivity index (χ0n) is 11.9. The predicted octanol–water partition coefficient (Wildman–Crippen LogP) is 4.18. The minimum atomic E-state index is -4.40. The highest BCUT2D eigenvalue weighted by Gasteiger charge is 2.31. The molecule has 0 saturated carbocycles. The zero-order valence-corrected chi connectivity index (χ0v) is 11.9. The average Bonchev–Trinajstić information content (AvgIpc) is 2.23. The Morgan fingerprint density at radius 3 is 2.30 bits per heavy atom. The molecule has 0 aromatic carbocycles. The molecule has 1 N–H and O–H groups in total. The molecule has 0 aliphatic carbocycles. The lowest BCUT2D eigenvalue weighted by molar-refractivity contribution is -0.0857. The summed E-state index contributed by atoms with van der Waals surface area (Å²) in [5, 5.41) is 2.80. The van der Waals surface area contributed by atoms with Crippen LogP contribution in [0.25, 0.3) is 0 Å². The van der Waals surface area contributed by atoms with Crippen LogP contribution in [0.5, 0.6) is 0 Å². The van der Waals surface area contributed by atoms with E-state index in [2.05, 4.69) is 10.3 Å². The van der Waals surface area contributed by atoms with Gasteiger partial charge in [-0.15, -0.1) is 0 Å². The van der Waals surface area contributed by atoms with Crippen molar-refractivity contribution in [1.82, 2.24) is 5.32 Å². The number of hydrogen-bond acceptors (Lipinski definition) is 2. The van der Waals surface area contributed by atoms with Gasteiger partial charge in [-0.3, -0.25) is 10.3 Å². The van der Waals surface area contributed by atoms with Crippen LogP contribution in [-0.4, -0.2) is 31.5 Å². The van der Waals surface area contributed by atoms with Crippen molar-refractivity contribution in [1.29, 1.82) is 0 Å². The molecule has 0 rings (SSSR count). The molecule has 0 saturated heterocycles. The summed E-state index contributed by atoms with van der Waals surface area (Å²) in [7, 11) is 0. The van der Waals surface area contributed by atoms with Gasteiger partial charge in [-0.05, 0) is 32.7 Å². The number of nitrogens with zero attached hydrogens (tertiary/aromatic N) is 1. The van der Waals surface area contributed by atoms with Gasteiger partial charge in [0.05, 0.1) is 12.2 Å². The third-order valence-electron chi connectivity index (χ3n) is 2.59. The molecule has 0 aliphatic rings. The Hall–Kier alpha value is -0.980. The predicted molar refractivity (Wildman–Crippen MR) is 70.2 cm³/mol. The summed E-state index contributed by atoms with van der Waals surface area (Å²) in [6, 6.07) is 0. The molecule has 20 heavy (non-hydrogen) atoms. The van der Waals surface area contributed by atoms with Gasteiger partial charge in [0.15, 0.2) is 0 Å². The smallest absolute Gasteiger partial charge is 0.298 e. The minimum Gasteiger partial charge on any atom is -0.298 e. The SMILES string of the molecule is C/C=C(\C=NCNCCC(C)CC(C)(F)F)C(F)(F)F. The fourth-order valence-corrected chi connectivity index (χ4v) is 1.66. The van der Waals surface area contributed by atoms with E-state index >= 15 is 0 Å². The van der Waals surface area contributed by atoms with Crippen molar-refractivity contribution in [2.24, 2.45) is 10.9 Å². The van der Waals surface area contributed by atoms with Crippen molar-refractivity contribution >= 4 is 6.21 Å². The molecule has 2 nitrogen and oxygen atoms in total. The first-order valence-electron chi connectivity index (χ1n) is 6.38. The number of alkyl halides is 5. The lowest BCUT2D eigenvalue weighted by atomic mass is 10.0. The van der Waals surface area contributed by atoms with Gasteiger partial charge in [0.1, 0.15) is 0 Å². The molecule has 1 unspecified atom stereocenters. The maximum absolute atomic E-state index is 12.7. The molecule has 0 amide bonds. The van der Waals surface area contributed by atoms with Crippen LogP contribution in [0.4, 0.5) is 22.0 Å². The summed E-state index contributed by atoms with van der Waals surface area (Å²) in [4.78, 5) is 3.61. The summed E-state index contributed by atoms with van der Waals surface area (Å²) in [5.74, 6) is -2.85. The van der Waals surface area contributed by atoms with Gasteiger partial charge in [0.2, 0.25) is 5.92 Å². The third kappa shape index (κ3) is 9.89. The molecule has 0 fully saturated rings. The summed E-state index contributed by atoms with van der Waals surface area (Å²) < 4.78 is 62.3. The molecule has 0 aliphatic heterocycles. The van der Waals surface area contributed by atoms with Crippen molar-refractivity contribution in [2.45, 2.75) is 45.7 Å². The molecule has 118 valence electrons. The van der Waals surface area contributed by atoms with Crippen LogP contribution in [0.3, 0.4) is 0 Å². The zero-order chi connectivity index (χ0) is 15.8. The maximum atomic E-state index is 12.7. The van der Waals surface area contributed by atoms with Gasteiger partial charge in [-0.1, -0.05) is 13.0 Å². The topological polar surface area (TPSA) is 24.4 Å². The second-order valence-corrected chi connectivity index (χ2v) is 4.88. The van der Waals surface area contributed by atoms with Crippen LogP contribution in [-0.2, 0) is 0 Å². The molecule has 0 aromatic rings. The Morgan fingerprint density at radius 2 is 1.85 bits per heavy atom. The highest BCUT2D eigenvalue weighted by Crippen LogP contribution is 2.24. The second-order valence-electron chi connectivity index (χ2n) is 4.88. The molecule has 0 aromatic heterocycles. The van der Waals surface area contributed by atoms with Gasteiger partial charge in [0.25, 0.3) is 0 Å². The van der Waals surface area contributed by atoms with E-state index in [1.807, 2.05) is 0 Å². The first-order valence-corrected chi connectivity index (χ1v) is 6.38. The van der Waals surface area contributed by atoms with Crippen molar-refractivity contribution in [3.63, 3.8) is 0 Å². The number of aliphatic imine (C=N–C) groups is 1. The van der Waals surface area contributed by atoms with Crippen molar-refractivity contribution in [3.05, 3.63) is 11.6 Å². The quantitative estimate of drug-likeness (QED) is 0.406. The highest BCUT2D eigenvalue weighted by molar-refractivity contribution is 5.80. The fraction of sp³-hybridized carbons (Fsp3) is 0.769. The molecule has 0 heterocycles. The maximum Gasteiger partial charge on any atom is 0.417 e. The monoisotopic (exact) mass is 300 g/mol. The molecular weight excluding hydrogens is 279 g/mol. The number of allylic oxidation sites excluding steroid dienone is 2. The van der Waals surface area contributed by atoms with E-state index in [0.29, 0.717) is 13.0 Å². The average molecular weight is 300 g/mol. The van der Waals surface area contributed by atoms with Crippen LogP contribution < -0.4 is 5.32 Å². The van der Waals surface area contributed by atoms with Gasteiger partial charge >= 0.3 is 6.18 Å². The van der Waals surface area contributed by atoms with E-state index in [1.54, 1.807) is 6.92 Å². The van der Waals surface area contributed by atoms with Crippen LogP contribution >= 0.6 is 0 Å². The number of hydrogen-bond donors (Lipinski definition) is 1. The summed E-state index contributed by atoms with van der Waals surface area (Å²) in [6.07, 6.45) is -2.38. The second kappa shape index (κ2) is 8.34. The van der Waals surface area contributed by atoms with Gasteiger partial charge < -0.3 is 0 Å². The van der Waals surface area contributed by atoms with Gasteiger partial charge in [0, 0.05) is 12.6 Å². The number of rotatable bonds is 8. The van der Waals surface area contributed by atoms with E-state index in [-0.39, 0.29) is 19.0 Å². The lowest BCUT2D eigenvalue weighted by Crippen LogP contribution is -2.21. The summed E-state index contributed by atoms with van der Waals surface area (Å²) in [6.45, 7) is 4.34. The Bertz CT molecular complexity index is 329. The molecule has 7 heteroatoms.